The second-order valence-corrected chi connectivity index (χ2v) is 5.91. The van der Waals surface area contributed by atoms with Crippen molar-refractivity contribution in [1.29, 1.82) is 0 Å². The van der Waals surface area contributed by atoms with Crippen LogP contribution in [-0.4, -0.2) is 10.8 Å². The van der Waals surface area contributed by atoms with Crippen LogP contribution >= 0.6 is 11.6 Å². The van der Waals surface area contributed by atoms with Gasteiger partial charge >= 0.3 is 0 Å². The Hall–Kier alpha value is -2.13. The maximum absolute atomic E-state index is 12.3. The van der Waals surface area contributed by atoms with Crippen LogP contribution in [0.15, 0.2) is 41.2 Å². The van der Waals surface area contributed by atoms with E-state index in [0.29, 0.717) is 5.02 Å². The number of aryl methyl sites for hydroxylation is 2. The van der Waals surface area contributed by atoms with Crippen LogP contribution in [0.2, 0.25) is 5.02 Å². The fourth-order valence-corrected chi connectivity index (χ4v) is 2.82. The summed E-state index contributed by atoms with van der Waals surface area (Å²) < 4.78 is 0. The molecule has 2 aromatic rings. The van der Waals surface area contributed by atoms with Gasteiger partial charge in [-0.2, -0.15) is 0 Å². The molecule has 3 nitrogen and oxygen atoms in total. The first-order chi connectivity index (χ1) is 10.6. The average Bonchev–Trinajstić information content (AvgIpc) is 2.53. The molecule has 4 heteroatoms. The van der Waals surface area contributed by atoms with Gasteiger partial charge in [0.25, 0.3) is 5.56 Å². The molecule has 0 fully saturated rings. The number of allylic oxidation sites excluding steroid dienone is 1. The standard InChI is InChI=1S/C18H16ClNO2/c19-14-8-5-12(6-9-14)7-10-17(21)15-11-13-3-1-2-4-16(13)20-18(15)22/h5-11H,1-4H2,(H,20,22)/b10-7+. The summed E-state index contributed by atoms with van der Waals surface area (Å²) in [4.78, 5) is 27.2. The molecule has 0 aliphatic heterocycles. The molecule has 22 heavy (non-hydrogen) atoms. The summed E-state index contributed by atoms with van der Waals surface area (Å²) in [6.07, 6.45) is 7.13. The summed E-state index contributed by atoms with van der Waals surface area (Å²) in [6, 6.07) is 8.92. The minimum atomic E-state index is -0.300. The van der Waals surface area contributed by atoms with Crippen molar-refractivity contribution in [2.45, 2.75) is 25.7 Å². The predicted octanol–water partition coefficient (Wildman–Crippen LogP) is 3.80. The van der Waals surface area contributed by atoms with Crippen molar-refractivity contribution < 1.29 is 4.79 Å². The van der Waals surface area contributed by atoms with Crippen LogP contribution in [0.5, 0.6) is 0 Å². The van der Waals surface area contributed by atoms with E-state index in [-0.39, 0.29) is 16.9 Å². The normalized spacial score (nSPS) is 14.0. The highest BCUT2D eigenvalue weighted by atomic mass is 35.5. The maximum atomic E-state index is 12.3. The maximum Gasteiger partial charge on any atom is 0.259 e. The van der Waals surface area contributed by atoms with E-state index in [9.17, 15) is 9.59 Å². The van der Waals surface area contributed by atoms with E-state index < -0.39 is 0 Å². The molecular weight excluding hydrogens is 298 g/mol. The van der Waals surface area contributed by atoms with Crippen molar-refractivity contribution in [1.82, 2.24) is 4.98 Å². The molecule has 0 saturated carbocycles. The van der Waals surface area contributed by atoms with E-state index in [1.54, 1.807) is 24.3 Å². The topological polar surface area (TPSA) is 49.9 Å². The lowest BCUT2D eigenvalue weighted by Gasteiger charge is -2.15. The number of carbonyl (C=O) groups excluding carboxylic acids is 1. The zero-order valence-corrected chi connectivity index (χ0v) is 12.8. The van der Waals surface area contributed by atoms with Crippen LogP contribution in [-0.2, 0) is 12.8 Å². The van der Waals surface area contributed by atoms with Gasteiger partial charge in [-0.1, -0.05) is 29.8 Å². The Balaban J connectivity index is 1.86. The van der Waals surface area contributed by atoms with E-state index in [2.05, 4.69) is 4.98 Å². The number of nitrogens with one attached hydrogen (secondary N) is 1. The average molecular weight is 314 g/mol. The highest BCUT2D eigenvalue weighted by Gasteiger charge is 2.15. The van der Waals surface area contributed by atoms with Gasteiger partial charge < -0.3 is 4.98 Å². The molecule has 1 aromatic carbocycles. The number of H-pyrrole nitrogens is 1. The van der Waals surface area contributed by atoms with Crippen LogP contribution in [0, 0.1) is 0 Å². The van der Waals surface area contributed by atoms with Gasteiger partial charge in [0.2, 0.25) is 0 Å². The summed E-state index contributed by atoms with van der Waals surface area (Å²) in [5.41, 5.74) is 2.85. The Bertz CT molecular complexity index is 788. The summed E-state index contributed by atoms with van der Waals surface area (Å²) in [7, 11) is 0. The van der Waals surface area contributed by atoms with Crippen LogP contribution in [0.3, 0.4) is 0 Å². The lowest BCUT2D eigenvalue weighted by molar-refractivity contribution is 0.104. The highest BCUT2D eigenvalue weighted by molar-refractivity contribution is 6.30. The lowest BCUT2D eigenvalue weighted by atomic mass is 9.94. The number of ketones is 1. The van der Waals surface area contributed by atoms with E-state index >= 15 is 0 Å². The molecule has 112 valence electrons. The third-order valence-electron chi connectivity index (χ3n) is 3.90. The van der Waals surface area contributed by atoms with Crippen molar-refractivity contribution in [2.24, 2.45) is 0 Å². The number of rotatable bonds is 3. The number of aromatic nitrogens is 1. The van der Waals surface area contributed by atoms with Gasteiger partial charge in [-0.25, -0.2) is 0 Å². The van der Waals surface area contributed by atoms with Crippen molar-refractivity contribution >= 4 is 23.5 Å². The second kappa shape index (κ2) is 6.32. The zero-order valence-electron chi connectivity index (χ0n) is 12.1. The summed E-state index contributed by atoms with van der Waals surface area (Å²) in [6.45, 7) is 0. The molecule has 0 spiro atoms. The molecule has 0 radical (unpaired) electrons. The summed E-state index contributed by atoms with van der Waals surface area (Å²) in [5.74, 6) is -0.274. The van der Waals surface area contributed by atoms with Crippen molar-refractivity contribution in [2.75, 3.05) is 0 Å². The first kappa shape index (κ1) is 14.8. The smallest absolute Gasteiger partial charge is 0.259 e. The molecule has 0 unspecified atom stereocenters. The molecule has 0 saturated heterocycles. The van der Waals surface area contributed by atoms with Crippen molar-refractivity contribution in [3.63, 3.8) is 0 Å². The molecule has 0 atom stereocenters. The van der Waals surface area contributed by atoms with Gasteiger partial charge in [0, 0.05) is 10.7 Å². The number of aromatic amines is 1. The van der Waals surface area contributed by atoms with Gasteiger partial charge in [0.05, 0.1) is 5.56 Å². The van der Waals surface area contributed by atoms with E-state index in [1.165, 1.54) is 6.08 Å². The number of halogens is 1. The van der Waals surface area contributed by atoms with Gasteiger partial charge in [0.1, 0.15) is 0 Å². The van der Waals surface area contributed by atoms with E-state index in [4.69, 9.17) is 11.6 Å². The number of benzene rings is 1. The molecule has 0 amide bonds. The third-order valence-corrected chi connectivity index (χ3v) is 4.15. The largest absolute Gasteiger partial charge is 0.325 e. The van der Waals surface area contributed by atoms with Crippen molar-refractivity contribution in [3.05, 3.63) is 74.2 Å². The molecule has 0 bridgehead atoms. The van der Waals surface area contributed by atoms with Crippen LogP contribution in [0.4, 0.5) is 0 Å². The first-order valence-electron chi connectivity index (χ1n) is 7.36. The van der Waals surface area contributed by atoms with Crippen LogP contribution < -0.4 is 5.56 Å². The number of pyridine rings is 1. The minimum absolute atomic E-state index is 0.214. The Morgan fingerprint density at radius 1 is 1.14 bits per heavy atom. The monoisotopic (exact) mass is 313 g/mol. The van der Waals surface area contributed by atoms with Gasteiger partial charge in [-0.3, -0.25) is 9.59 Å². The van der Waals surface area contributed by atoms with Gasteiger partial charge in [-0.15, -0.1) is 0 Å². The fourth-order valence-electron chi connectivity index (χ4n) is 2.69. The van der Waals surface area contributed by atoms with Crippen LogP contribution in [0.25, 0.3) is 6.08 Å². The quantitative estimate of drug-likeness (QED) is 0.692. The molecule has 3 rings (SSSR count). The zero-order chi connectivity index (χ0) is 15.5. The van der Waals surface area contributed by atoms with Gasteiger partial charge in [0.15, 0.2) is 5.78 Å². The molecule has 1 N–H and O–H groups in total. The fraction of sp³-hybridized carbons (Fsp3) is 0.222. The molecule has 1 aromatic heterocycles. The van der Waals surface area contributed by atoms with E-state index in [1.807, 2.05) is 12.1 Å². The Kier molecular flexibility index (Phi) is 4.25. The lowest BCUT2D eigenvalue weighted by Crippen LogP contribution is -2.21. The molecule has 1 heterocycles. The summed E-state index contributed by atoms with van der Waals surface area (Å²) in [5, 5.41) is 0.648. The highest BCUT2D eigenvalue weighted by Crippen LogP contribution is 2.19. The molecule has 1 aliphatic carbocycles. The molecule has 1 aliphatic rings. The first-order valence-corrected chi connectivity index (χ1v) is 7.74. The number of carbonyl (C=O) groups is 1. The Morgan fingerprint density at radius 3 is 2.64 bits per heavy atom. The van der Waals surface area contributed by atoms with Gasteiger partial charge in [-0.05, 0) is 61.1 Å². The SMILES string of the molecule is O=C(/C=C/c1ccc(Cl)cc1)c1cc2c([nH]c1=O)CCCC2. The Morgan fingerprint density at radius 2 is 1.86 bits per heavy atom. The predicted molar refractivity (Wildman–Crippen MR) is 88.5 cm³/mol. The number of hydrogen-bond donors (Lipinski definition) is 1. The summed E-state index contributed by atoms with van der Waals surface area (Å²) >= 11 is 5.82. The Labute approximate surface area is 133 Å². The number of fused-ring (bicyclic) bond motifs is 1. The molecular formula is C18H16ClNO2. The minimum Gasteiger partial charge on any atom is -0.325 e. The third kappa shape index (κ3) is 3.20. The number of hydrogen-bond acceptors (Lipinski definition) is 2. The van der Waals surface area contributed by atoms with Crippen molar-refractivity contribution in [3.8, 4) is 0 Å². The second-order valence-electron chi connectivity index (χ2n) is 5.47. The van der Waals surface area contributed by atoms with E-state index in [0.717, 1.165) is 42.5 Å². The van der Waals surface area contributed by atoms with Crippen LogP contribution in [0.1, 0.15) is 40.0 Å².